The Morgan fingerprint density at radius 1 is 0.493 bits per heavy atom. The lowest BCUT2D eigenvalue weighted by atomic mass is 9.67. The van der Waals surface area contributed by atoms with E-state index in [2.05, 4.69) is 256 Å². The molecule has 1 atom stereocenters. The molecule has 0 aliphatic heterocycles. The molecule has 0 spiro atoms. The molecule has 0 N–H and O–H groups in total. The lowest BCUT2D eigenvalue weighted by Gasteiger charge is -2.37. The summed E-state index contributed by atoms with van der Waals surface area (Å²) in [5.41, 5.74) is 24.8. The van der Waals surface area contributed by atoms with Crippen molar-refractivity contribution in [3.63, 3.8) is 0 Å². The van der Waals surface area contributed by atoms with Gasteiger partial charge in [-0.15, -0.1) is 0 Å². The molecule has 0 aromatic heterocycles. The molecule has 0 bridgehead atoms. The maximum atomic E-state index is 2.65. The molecule has 0 fully saturated rings. The van der Waals surface area contributed by atoms with Crippen molar-refractivity contribution in [3.8, 4) is 33.4 Å². The third-order valence-corrected chi connectivity index (χ3v) is 19.0. The zero-order valence-electron chi connectivity index (χ0n) is 45.2. The standard InChI is InChI=1S/C75H66/c1-72(2,3)59-41-53-20-19-52-26-35-60(65-38-28-54(42-59)69(53)71(52)65)47-15-13-45(14-16-47)46-21-29-55(30-22-46)73(4,5)57-33-39-62-63-40-34-58(44-67(63)75(8,9)66(62)43-57)74(6,7)56-31-23-48(24-32-56)61-36-25-51-18-17-49-11-10-12-50-27-37-64(61)70(51)68(49)50/h10-32,34-37,39-41,43-44,57H,33,38,42H2,1-9H3. The van der Waals surface area contributed by atoms with Crippen LogP contribution in [0.4, 0.5) is 0 Å². The molecule has 75 heavy (non-hydrogen) atoms. The Labute approximate surface area is 444 Å². The van der Waals surface area contributed by atoms with Gasteiger partial charge in [-0.1, -0.05) is 262 Å². The van der Waals surface area contributed by atoms with E-state index in [1.807, 2.05) is 0 Å². The first kappa shape index (κ1) is 46.0. The van der Waals surface area contributed by atoms with E-state index in [1.54, 1.807) is 0 Å². The number of hydrogen-bond acceptors (Lipinski definition) is 0. The normalized spacial score (nSPS) is 17.0. The number of hydrogen-bond donors (Lipinski definition) is 0. The van der Waals surface area contributed by atoms with Gasteiger partial charge in [0.25, 0.3) is 0 Å². The van der Waals surface area contributed by atoms with E-state index >= 15 is 0 Å². The first-order valence-corrected chi connectivity index (χ1v) is 27.6. The molecule has 10 aromatic carbocycles. The Morgan fingerprint density at radius 3 is 1.77 bits per heavy atom. The van der Waals surface area contributed by atoms with E-state index in [0.29, 0.717) is 5.92 Å². The third-order valence-electron chi connectivity index (χ3n) is 19.0. The molecule has 0 saturated carbocycles. The van der Waals surface area contributed by atoms with Gasteiger partial charge in [-0.2, -0.15) is 0 Å². The summed E-state index contributed by atoms with van der Waals surface area (Å²) >= 11 is 0. The van der Waals surface area contributed by atoms with Crippen LogP contribution in [0.1, 0.15) is 120 Å². The third kappa shape index (κ3) is 7.01. The first-order chi connectivity index (χ1) is 36.0. The van der Waals surface area contributed by atoms with Crippen molar-refractivity contribution in [1.29, 1.82) is 0 Å². The summed E-state index contributed by atoms with van der Waals surface area (Å²) in [6, 6.07) is 65.4. The molecule has 0 nitrogen and oxygen atoms in total. The summed E-state index contributed by atoms with van der Waals surface area (Å²) in [6.07, 6.45) is 13.3. The summed E-state index contributed by atoms with van der Waals surface area (Å²) in [4.78, 5) is 0. The van der Waals surface area contributed by atoms with Gasteiger partial charge in [-0.25, -0.2) is 0 Å². The Balaban J connectivity index is 0.699. The van der Waals surface area contributed by atoms with Crippen LogP contribution in [0.3, 0.4) is 0 Å². The molecular weight excluding hydrogens is 901 g/mol. The predicted molar refractivity (Wildman–Crippen MR) is 323 cm³/mol. The zero-order valence-corrected chi connectivity index (χ0v) is 45.2. The van der Waals surface area contributed by atoms with Crippen LogP contribution in [0.15, 0.2) is 199 Å². The highest BCUT2D eigenvalue weighted by molar-refractivity contribution is 6.25. The molecule has 1 unspecified atom stereocenters. The molecule has 0 saturated heterocycles. The monoisotopic (exact) mass is 967 g/mol. The highest BCUT2D eigenvalue weighted by Crippen LogP contribution is 2.55. The second kappa shape index (κ2) is 16.2. The van der Waals surface area contributed by atoms with Crippen molar-refractivity contribution in [3.05, 3.63) is 244 Å². The minimum Gasteiger partial charge on any atom is -0.0759 e. The average Bonchev–Trinajstić information content (AvgIpc) is 3.66. The van der Waals surface area contributed by atoms with E-state index in [9.17, 15) is 0 Å². The van der Waals surface area contributed by atoms with Gasteiger partial charge >= 0.3 is 0 Å². The molecule has 4 aliphatic carbocycles. The lowest BCUT2D eigenvalue weighted by molar-refractivity contribution is 0.379. The molecule has 4 aliphatic rings. The molecule has 0 radical (unpaired) electrons. The second-order valence-electron chi connectivity index (χ2n) is 25.2. The van der Waals surface area contributed by atoms with Crippen molar-refractivity contribution >= 4 is 60.3 Å². The maximum Gasteiger partial charge on any atom is 0.0155 e. The topological polar surface area (TPSA) is 0 Å². The number of fused-ring (bicyclic) bond motifs is 3. The van der Waals surface area contributed by atoms with Crippen LogP contribution < -0.4 is 0 Å². The highest BCUT2D eigenvalue weighted by Gasteiger charge is 2.43. The SMILES string of the molecule is CC(C)(C)C1=Cc2ccc3ccc(-c4ccc(-c5ccc(C(C)(C)C6C=C7C(=CC6)c6ccc(C(C)(C)c8ccc(-c9ccc%10ccc%11cccc%12ccc9c%10c%11%12)cc8)cc6C7(C)C)cc5)cc4)c4c3c2C(=CC4)C1. The number of benzene rings is 10. The fraction of sp³-hybridized carbons (Fsp3) is 0.227. The molecule has 10 aromatic rings. The Morgan fingerprint density at radius 2 is 1.05 bits per heavy atom. The molecular formula is C75H66. The van der Waals surface area contributed by atoms with Crippen molar-refractivity contribution in [2.24, 2.45) is 11.3 Å². The van der Waals surface area contributed by atoms with Gasteiger partial charge in [0.1, 0.15) is 0 Å². The van der Waals surface area contributed by atoms with Crippen molar-refractivity contribution in [1.82, 2.24) is 0 Å². The van der Waals surface area contributed by atoms with Crippen LogP contribution in [0, 0.1) is 11.3 Å². The Hall–Kier alpha value is -7.54. The molecule has 14 rings (SSSR count). The predicted octanol–water partition coefficient (Wildman–Crippen LogP) is 20.4. The second-order valence-corrected chi connectivity index (χ2v) is 25.2. The van der Waals surface area contributed by atoms with Crippen LogP contribution >= 0.6 is 0 Å². The zero-order chi connectivity index (χ0) is 51.3. The van der Waals surface area contributed by atoms with Crippen LogP contribution in [0.5, 0.6) is 0 Å². The first-order valence-electron chi connectivity index (χ1n) is 27.6. The molecule has 0 amide bonds. The minimum atomic E-state index is -0.175. The van der Waals surface area contributed by atoms with Crippen molar-refractivity contribution < 1.29 is 0 Å². The van der Waals surface area contributed by atoms with Crippen LogP contribution in [-0.4, -0.2) is 0 Å². The van der Waals surface area contributed by atoms with Gasteiger partial charge in [0.2, 0.25) is 0 Å². The lowest BCUT2D eigenvalue weighted by Crippen LogP contribution is -2.30. The van der Waals surface area contributed by atoms with Crippen LogP contribution in [0.25, 0.3) is 93.7 Å². The summed E-state index contributed by atoms with van der Waals surface area (Å²) < 4.78 is 0. The smallest absolute Gasteiger partial charge is 0.0155 e. The van der Waals surface area contributed by atoms with Gasteiger partial charge in [0, 0.05) is 10.8 Å². The van der Waals surface area contributed by atoms with Crippen LogP contribution in [0.2, 0.25) is 0 Å². The Bertz CT molecular complexity index is 4130. The average molecular weight is 967 g/mol. The van der Waals surface area contributed by atoms with Gasteiger partial charge in [0.15, 0.2) is 0 Å². The van der Waals surface area contributed by atoms with Gasteiger partial charge in [-0.3, -0.25) is 0 Å². The van der Waals surface area contributed by atoms with Gasteiger partial charge < -0.3 is 0 Å². The summed E-state index contributed by atoms with van der Waals surface area (Å²) in [5.74, 6) is 0.383. The highest BCUT2D eigenvalue weighted by atomic mass is 14.5. The molecule has 366 valence electrons. The quantitative estimate of drug-likeness (QED) is 0.140. The maximum absolute atomic E-state index is 2.65. The summed E-state index contributed by atoms with van der Waals surface area (Å²) in [7, 11) is 0. The van der Waals surface area contributed by atoms with E-state index in [-0.39, 0.29) is 21.7 Å². The fourth-order valence-corrected chi connectivity index (χ4v) is 14.1. The van der Waals surface area contributed by atoms with E-state index in [0.717, 1.165) is 19.3 Å². The largest absolute Gasteiger partial charge is 0.0759 e. The number of rotatable bonds is 7. The Kier molecular flexibility index (Phi) is 9.96. The molecule has 0 heteroatoms. The number of allylic oxidation sites excluding steroid dienone is 7. The van der Waals surface area contributed by atoms with Gasteiger partial charge in [0.05, 0.1) is 0 Å². The summed E-state index contributed by atoms with van der Waals surface area (Å²) in [6.45, 7) is 21.6. The van der Waals surface area contributed by atoms with Crippen molar-refractivity contribution in [2.75, 3.05) is 0 Å². The van der Waals surface area contributed by atoms with E-state index in [4.69, 9.17) is 0 Å². The fourth-order valence-electron chi connectivity index (χ4n) is 14.1. The van der Waals surface area contributed by atoms with E-state index in [1.165, 1.54) is 143 Å². The van der Waals surface area contributed by atoms with Crippen LogP contribution in [-0.2, 0) is 22.7 Å². The van der Waals surface area contributed by atoms with Gasteiger partial charge in [-0.05, 0) is 174 Å². The minimum absolute atomic E-state index is 0.0474. The summed E-state index contributed by atoms with van der Waals surface area (Å²) in [5, 5.41) is 10.8. The van der Waals surface area contributed by atoms with E-state index < -0.39 is 0 Å². The van der Waals surface area contributed by atoms with Crippen molar-refractivity contribution in [2.45, 2.75) is 97.8 Å². The molecule has 0 heterocycles.